The predicted molar refractivity (Wildman–Crippen MR) is 151 cm³/mol. The molecule has 41 heavy (non-hydrogen) atoms. The van der Waals surface area contributed by atoms with Crippen LogP contribution in [0, 0.1) is 11.6 Å². The zero-order valence-corrected chi connectivity index (χ0v) is 23.8. The zero-order valence-electron chi connectivity index (χ0n) is 23.0. The minimum Gasteiger partial charge on any atom is -0.481 e. The first-order chi connectivity index (χ1) is 19.7. The summed E-state index contributed by atoms with van der Waals surface area (Å²) in [7, 11) is 6.46. The van der Waals surface area contributed by atoms with Crippen LogP contribution in [0.25, 0.3) is 15.9 Å². The van der Waals surface area contributed by atoms with E-state index in [0.29, 0.717) is 36.3 Å². The normalized spacial score (nSPS) is 11.3. The van der Waals surface area contributed by atoms with E-state index < -0.39 is 35.5 Å². The molecule has 11 nitrogen and oxygen atoms in total. The van der Waals surface area contributed by atoms with Gasteiger partial charge in [-0.3, -0.25) is 14.2 Å². The van der Waals surface area contributed by atoms with E-state index in [4.69, 9.17) is 4.74 Å². The largest absolute Gasteiger partial charge is 0.481 e. The predicted octanol–water partition coefficient (Wildman–Crippen LogP) is 2.80. The second-order valence-corrected chi connectivity index (χ2v) is 10.4. The van der Waals surface area contributed by atoms with Crippen molar-refractivity contribution in [3.05, 3.63) is 85.0 Å². The average molecular weight is 589 g/mol. The summed E-state index contributed by atoms with van der Waals surface area (Å²) in [6.07, 6.45) is 2.33. The van der Waals surface area contributed by atoms with Gasteiger partial charge in [0, 0.05) is 29.6 Å². The number of methoxy groups -OCH3 is 1. The Hall–Kier alpha value is -4.14. The van der Waals surface area contributed by atoms with Crippen molar-refractivity contribution in [3.8, 4) is 11.6 Å². The number of nitrogens with one attached hydrogen (secondary N) is 2. The van der Waals surface area contributed by atoms with Crippen molar-refractivity contribution in [1.29, 1.82) is 0 Å². The van der Waals surface area contributed by atoms with Gasteiger partial charge >= 0.3 is 11.7 Å². The van der Waals surface area contributed by atoms with Crippen molar-refractivity contribution < 1.29 is 23.1 Å². The first kappa shape index (κ1) is 29.8. The van der Waals surface area contributed by atoms with Gasteiger partial charge in [0.25, 0.3) is 5.56 Å². The molecule has 0 aliphatic rings. The molecule has 1 aromatic carbocycles. The smallest absolute Gasteiger partial charge is 0.338 e. The lowest BCUT2D eigenvalue weighted by Gasteiger charge is -2.15. The highest BCUT2D eigenvalue weighted by molar-refractivity contribution is 7.18. The lowest BCUT2D eigenvalue weighted by atomic mass is 10.1. The molecule has 0 fully saturated rings. The fourth-order valence-corrected chi connectivity index (χ4v) is 5.75. The van der Waals surface area contributed by atoms with E-state index >= 15 is 0 Å². The summed E-state index contributed by atoms with van der Waals surface area (Å²) < 4.78 is 36.8. The Bertz CT molecular complexity index is 1650. The van der Waals surface area contributed by atoms with Crippen molar-refractivity contribution in [3.63, 3.8) is 0 Å². The molecule has 14 heteroatoms. The topological polar surface area (TPSA) is 120 Å². The van der Waals surface area contributed by atoms with Crippen LogP contribution in [0.3, 0.4) is 0 Å². The summed E-state index contributed by atoms with van der Waals surface area (Å²) >= 11 is 1.22. The molecule has 2 amide bonds. The van der Waals surface area contributed by atoms with Gasteiger partial charge in [0.15, 0.2) is 0 Å². The van der Waals surface area contributed by atoms with Crippen molar-refractivity contribution in [2.75, 3.05) is 34.9 Å². The number of thiophene rings is 1. The van der Waals surface area contributed by atoms with Gasteiger partial charge in [0.05, 0.1) is 38.0 Å². The monoisotopic (exact) mass is 588 g/mol. The van der Waals surface area contributed by atoms with Crippen LogP contribution in [0.5, 0.6) is 5.88 Å². The van der Waals surface area contributed by atoms with E-state index in [1.54, 1.807) is 0 Å². The van der Waals surface area contributed by atoms with Crippen LogP contribution < -0.4 is 26.8 Å². The molecule has 4 aromatic rings. The number of carbonyl (C=O) groups is 1. The van der Waals surface area contributed by atoms with Gasteiger partial charge in [-0.25, -0.2) is 33.4 Å². The van der Waals surface area contributed by atoms with Crippen LogP contribution in [-0.2, 0) is 24.3 Å². The second-order valence-electron chi connectivity index (χ2n) is 9.36. The molecule has 0 aliphatic heterocycles. The maximum atomic E-state index is 14.7. The third-order valence-corrected chi connectivity index (χ3v) is 7.57. The fraction of sp³-hybridized carbons (Fsp3) is 0.333. The Balaban J connectivity index is 1.92. The minimum absolute atomic E-state index is 0.183. The highest BCUT2D eigenvalue weighted by Gasteiger charge is 2.24. The number of aromatic nitrogens is 3. The van der Waals surface area contributed by atoms with Crippen molar-refractivity contribution in [2.45, 2.75) is 25.9 Å². The molecule has 0 spiro atoms. The second kappa shape index (κ2) is 13.0. The highest BCUT2D eigenvalue weighted by Crippen LogP contribution is 2.31. The number of hydrogen-bond acceptors (Lipinski definition) is 8. The molecule has 3 aromatic heterocycles. The summed E-state index contributed by atoms with van der Waals surface area (Å²) in [6.45, 7) is 0.257. The van der Waals surface area contributed by atoms with Crippen molar-refractivity contribution >= 4 is 27.6 Å². The molecule has 0 atom stereocenters. The Morgan fingerprint density at radius 3 is 2.44 bits per heavy atom. The summed E-state index contributed by atoms with van der Waals surface area (Å²) in [5.74, 6) is -1.32. The lowest BCUT2D eigenvalue weighted by Crippen LogP contribution is -2.39. The van der Waals surface area contributed by atoms with Gasteiger partial charge in [-0.1, -0.05) is 6.07 Å². The van der Waals surface area contributed by atoms with Crippen LogP contribution in [0.4, 0.5) is 13.6 Å². The van der Waals surface area contributed by atoms with Crippen LogP contribution in [0.15, 0.2) is 46.1 Å². The third-order valence-electron chi connectivity index (χ3n) is 6.26. The molecular formula is C27H30F2N6O5S. The number of carbonyl (C=O) groups excluding carboxylic acids is 1. The lowest BCUT2D eigenvalue weighted by molar-refractivity contribution is 0.107. The molecule has 0 radical (unpaired) electrons. The van der Waals surface area contributed by atoms with Crippen LogP contribution in [0.1, 0.15) is 22.4 Å². The number of fused-ring (bicyclic) bond motifs is 1. The minimum atomic E-state index is -0.806. The number of pyridine rings is 1. The van der Waals surface area contributed by atoms with Crippen LogP contribution >= 0.6 is 11.3 Å². The molecule has 0 bridgehead atoms. The number of aryl methyl sites for hydroxylation is 1. The van der Waals surface area contributed by atoms with Gasteiger partial charge in [-0.05, 0) is 50.7 Å². The third kappa shape index (κ3) is 6.45. The zero-order chi connectivity index (χ0) is 29.7. The number of hydroxylamine groups is 1. The number of urea groups is 1. The Labute approximate surface area is 237 Å². The number of amides is 2. The molecule has 218 valence electrons. The number of ether oxygens (including phenoxy) is 1. The molecule has 0 unspecified atom stereocenters. The first-order valence-corrected chi connectivity index (χ1v) is 13.4. The molecule has 4 rings (SSSR count). The van der Waals surface area contributed by atoms with E-state index in [1.807, 2.05) is 19.0 Å². The van der Waals surface area contributed by atoms with Gasteiger partial charge in [0.2, 0.25) is 5.88 Å². The molecule has 0 aliphatic carbocycles. The van der Waals surface area contributed by atoms with E-state index in [-0.39, 0.29) is 22.5 Å². The summed E-state index contributed by atoms with van der Waals surface area (Å²) in [5, 5.41) is 2.94. The maximum absolute atomic E-state index is 14.7. The SMILES string of the molecule is CONC(=O)NCCCc1sc2c(c1CN(C)C)c(=O)n(-c1ccc(OC)nc1)c(=O)n2Cc1c(F)cccc1F. The molecule has 2 N–H and O–H groups in total. The quantitative estimate of drug-likeness (QED) is 0.204. The van der Waals surface area contributed by atoms with E-state index in [9.17, 15) is 23.2 Å². The summed E-state index contributed by atoms with van der Waals surface area (Å²) in [5.41, 5.74) is 1.42. The van der Waals surface area contributed by atoms with Crippen molar-refractivity contribution in [2.24, 2.45) is 0 Å². The molecular weight excluding hydrogens is 558 g/mol. The van der Waals surface area contributed by atoms with Crippen LogP contribution in [-0.4, -0.2) is 59.9 Å². The number of rotatable bonds is 11. The Kier molecular flexibility index (Phi) is 9.47. The summed E-state index contributed by atoms with van der Waals surface area (Å²) in [6, 6.07) is 6.02. The van der Waals surface area contributed by atoms with Crippen LogP contribution in [0.2, 0.25) is 0 Å². The van der Waals surface area contributed by atoms with Gasteiger partial charge in [-0.2, -0.15) is 0 Å². The van der Waals surface area contributed by atoms with Crippen molar-refractivity contribution in [1.82, 2.24) is 29.8 Å². The van der Waals surface area contributed by atoms with E-state index in [1.165, 1.54) is 54.5 Å². The standard InChI is InChI=1S/C27H30F2N6O5S/c1-33(2)14-18-21(9-6-12-30-26(37)32-40-4)41-25-23(18)24(36)35(16-10-11-22(39-3)31-13-16)27(38)34(25)15-17-19(28)7-5-8-20(17)29/h5,7-8,10-11,13H,6,9,12,14-15H2,1-4H3,(H2,30,32,37). The molecule has 0 saturated heterocycles. The highest BCUT2D eigenvalue weighted by atomic mass is 32.1. The number of halogens is 2. The Morgan fingerprint density at radius 2 is 1.83 bits per heavy atom. The van der Waals surface area contributed by atoms with E-state index in [0.717, 1.165) is 21.6 Å². The molecule has 3 heterocycles. The van der Waals surface area contributed by atoms with Gasteiger partial charge < -0.3 is 15.0 Å². The fourth-order valence-electron chi connectivity index (χ4n) is 4.41. The molecule has 0 saturated carbocycles. The van der Waals surface area contributed by atoms with E-state index in [2.05, 4.69) is 20.6 Å². The maximum Gasteiger partial charge on any atom is 0.338 e. The Morgan fingerprint density at radius 1 is 1.10 bits per heavy atom. The number of benzene rings is 1. The first-order valence-electron chi connectivity index (χ1n) is 12.6. The number of nitrogens with zero attached hydrogens (tertiary/aromatic N) is 4. The van der Waals surface area contributed by atoms with Gasteiger partial charge in [0.1, 0.15) is 16.5 Å². The van der Waals surface area contributed by atoms with Gasteiger partial charge in [-0.15, -0.1) is 11.3 Å². The number of hydrogen-bond donors (Lipinski definition) is 2. The summed E-state index contributed by atoms with van der Waals surface area (Å²) in [4.78, 5) is 51.3. The average Bonchev–Trinajstić information content (AvgIpc) is 3.28.